The molecule has 0 bridgehead atoms. The summed E-state index contributed by atoms with van der Waals surface area (Å²) < 4.78 is 183. The van der Waals surface area contributed by atoms with Crippen LogP contribution in [0.3, 0.4) is 0 Å². The van der Waals surface area contributed by atoms with Crippen LogP contribution in [0.1, 0.15) is 213 Å². The molecule has 3 aromatic heterocycles. The summed E-state index contributed by atoms with van der Waals surface area (Å²) in [6, 6.07) is 27.0. The van der Waals surface area contributed by atoms with E-state index in [0.29, 0.717) is 24.4 Å². The van der Waals surface area contributed by atoms with Crippen LogP contribution in [0.5, 0.6) is 0 Å². The molecule has 7 heterocycles. The normalized spacial score (nSPS) is 15.1. The van der Waals surface area contributed by atoms with Crippen molar-refractivity contribution < 1.29 is 170 Å². The fourth-order valence-electron chi connectivity index (χ4n) is 11.9. The van der Waals surface area contributed by atoms with Crippen LogP contribution in [0.4, 0.5) is 45.2 Å². The summed E-state index contributed by atoms with van der Waals surface area (Å²) in [6.45, 7) is 47.7. The van der Waals surface area contributed by atoms with Gasteiger partial charge in [0, 0.05) is 119 Å². The zero-order valence-corrected chi connectivity index (χ0v) is 76.0. The molecular weight excluding hydrogens is 1620 g/mol. The summed E-state index contributed by atoms with van der Waals surface area (Å²) in [4.78, 5) is 65.8. The Labute approximate surface area is 741 Å². The van der Waals surface area contributed by atoms with E-state index in [1.807, 2.05) is 97.7 Å². The van der Waals surface area contributed by atoms with Crippen molar-refractivity contribution in [1.29, 1.82) is 0 Å². The number of halogens is 9. The molecule has 0 N–H and O–H groups in total. The Balaban J connectivity index is 0.000000446. The van der Waals surface area contributed by atoms with E-state index in [0.717, 1.165) is 56.7 Å². The maximum absolute atomic E-state index is 12.9. The van der Waals surface area contributed by atoms with E-state index in [2.05, 4.69) is 93.5 Å². The standard InChI is InChI=1S/C12H13NO.C9H7F5.C9H8F4.C9H11N3.C9H11NO2.C8H10N4.2C8H13NO4S.C8H13NO.K.Na/c1-8(2)13-9(3)10-6-4-5-7-11(10)12(13)14;1-3(2)4-5(10)7(12)9(14)8(13)6(4)11;1-4(2)7-8(12)5(10)3-6(11)9(7)13;1-7(2)12-9-6-4-3-5-8(9)10-11-12;1-7(2)8-3-5-9(6-4-8)10(11)12;1-6(2)12-8-7(10-11-12)4-3-5-9-8;2*1-5(2)9-6(3)7(4-8(9)10)14(11,12)13;1-6(2)9-7(3)4-5-8(9)10;;/h4-8H,3H2,1-2H3;3H,1-2H3;3-4H,1-2H3;2*3-7H,1-2H3;3-6H,1-2H3;2*5,7H,3-4H2,1-2H3,(H,11,12,13);6H,3-5H2,1-2H3;;/q;;;;;;;;;2*+1/p-2. The number of non-ortho nitro benzene ring substituents is 1. The SMILES string of the molecule is C=C1C(S(=O)(=O)[O-])CC(=O)N1C(C)C.C=C1C(S(=O)(=O)[O-])CC(=O)N1C(C)C.C=C1CCC(=O)N1C(C)C.C=C1c2ccccc2C(=O)N1C(C)C.CC(C)c1c(F)c(F)c(F)c(F)c1F.CC(C)c1c(F)c(F)cc(F)c1F.CC(C)c1ccc([N+](=O)[O-])cc1.CC(C)n1nnc2ccccc21.CC(C)n1nnc2cccnc21.[K+].[Na+]. The Kier molecular flexibility index (Phi) is 41.4. The van der Waals surface area contributed by atoms with Crippen molar-refractivity contribution in [1.82, 2.24) is 54.6 Å². The second-order valence-electron chi connectivity index (χ2n) is 29.0. The third-order valence-electron chi connectivity index (χ3n) is 17.5. The molecule has 0 saturated carbocycles. The first kappa shape index (κ1) is 105. The molecule has 4 aliphatic rings. The smallest absolute Gasteiger partial charge is 0.747 e. The van der Waals surface area contributed by atoms with Crippen molar-refractivity contribution in [3.63, 3.8) is 0 Å². The van der Waals surface area contributed by atoms with E-state index in [1.54, 1.807) is 55.8 Å². The number of benzene rings is 5. The first-order valence-corrected chi connectivity index (χ1v) is 39.3. The monoisotopic (exact) mass is 1710 g/mol. The summed E-state index contributed by atoms with van der Waals surface area (Å²) >= 11 is 0. The number of nitrogens with zero attached hydrogens (tertiary/aromatic N) is 12. The van der Waals surface area contributed by atoms with Gasteiger partial charge in [-0.2, -0.15) is 0 Å². The van der Waals surface area contributed by atoms with Gasteiger partial charge in [-0.25, -0.2) is 70.7 Å². The van der Waals surface area contributed by atoms with Crippen LogP contribution < -0.4 is 80.9 Å². The molecule has 2 unspecified atom stereocenters. The number of carbonyl (C=O) groups excluding carboxylic acids is 4. The van der Waals surface area contributed by atoms with Crippen LogP contribution >= 0.6 is 0 Å². The van der Waals surface area contributed by atoms with Crippen LogP contribution in [0, 0.1) is 62.5 Å². The Hall–Kier alpha value is -7.88. The number of amides is 4. The molecule has 37 heteroatoms. The van der Waals surface area contributed by atoms with Gasteiger partial charge in [0.25, 0.3) is 11.6 Å². The maximum atomic E-state index is 12.9. The van der Waals surface area contributed by atoms with Gasteiger partial charge in [-0.1, -0.05) is 121 Å². The molecule has 3 fully saturated rings. The van der Waals surface area contributed by atoms with Crippen LogP contribution in [0.2, 0.25) is 0 Å². The Bertz CT molecular complexity index is 4850. The van der Waals surface area contributed by atoms with E-state index < -0.39 is 106 Å². The van der Waals surface area contributed by atoms with Gasteiger partial charge in [0.15, 0.2) is 52.2 Å². The minimum absolute atomic E-state index is 0. The minimum Gasteiger partial charge on any atom is -0.747 e. The van der Waals surface area contributed by atoms with Crippen molar-refractivity contribution in [2.45, 2.75) is 215 Å². The number of nitro benzene ring substituents is 1. The number of carbonyl (C=O) groups is 4. The fourth-order valence-corrected chi connectivity index (χ4v) is 13.5. The van der Waals surface area contributed by atoms with Gasteiger partial charge in [0.2, 0.25) is 23.5 Å². The molecule has 2 atom stereocenters. The van der Waals surface area contributed by atoms with Crippen molar-refractivity contribution in [2.24, 2.45) is 0 Å². The van der Waals surface area contributed by atoms with E-state index in [9.17, 15) is 94.7 Å². The number of aromatic nitrogens is 7. The fraction of sp³-hybridized carbons (Fsp3) is 0.412. The first-order valence-electron chi connectivity index (χ1n) is 36.3. The third-order valence-corrected chi connectivity index (χ3v) is 19.8. The zero-order valence-electron chi connectivity index (χ0n) is 69.2. The van der Waals surface area contributed by atoms with E-state index >= 15 is 0 Å². The Morgan fingerprint density at radius 3 is 1.21 bits per heavy atom. The molecule has 4 aliphatic heterocycles. The van der Waals surface area contributed by atoms with Crippen molar-refractivity contribution in [3.05, 3.63) is 231 Å². The minimum atomic E-state index is -4.46. The number of fused-ring (bicyclic) bond motifs is 3. The summed E-state index contributed by atoms with van der Waals surface area (Å²) in [5.74, 6) is -16.1. The predicted octanol–water partition coefficient (Wildman–Crippen LogP) is 11.2. The number of rotatable bonds is 12. The van der Waals surface area contributed by atoms with Gasteiger partial charge < -0.3 is 28.7 Å². The van der Waals surface area contributed by atoms with Crippen molar-refractivity contribution in [2.75, 3.05) is 0 Å². The van der Waals surface area contributed by atoms with E-state index in [1.165, 1.54) is 49.6 Å². The van der Waals surface area contributed by atoms with Gasteiger partial charge in [-0.3, -0.25) is 29.3 Å². The summed E-state index contributed by atoms with van der Waals surface area (Å²) in [5, 5.41) is 23.8. The van der Waals surface area contributed by atoms with Crippen molar-refractivity contribution in [3.8, 4) is 0 Å². The van der Waals surface area contributed by atoms with Gasteiger partial charge in [-0.05, 0) is 143 Å². The van der Waals surface area contributed by atoms with Gasteiger partial charge in [-0.15, -0.1) is 10.2 Å². The number of hydrogen-bond acceptors (Lipinski definition) is 17. The molecule has 0 aliphatic carbocycles. The molecule has 5 aromatic carbocycles. The maximum Gasteiger partial charge on any atom is 1.00 e. The summed E-state index contributed by atoms with van der Waals surface area (Å²) in [7, 11) is -8.93. The first-order chi connectivity index (χ1) is 53.3. The molecule has 4 amide bonds. The average Bonchev–Trinajstić information content (AvgIpc) is 1.69. The number of hydrogen-bond donors (Lipinski definition) is 0. The second kappa shape index (κ2) is 46.1. The quantitative estimate of drug-likeness (QED) is 0.0209. The van der Waals surface area contributed by atoms with E-state index in [4.69, 9.17) is 0 Å². The van der Waals surface area contributed by atoms with Crippen molar-refractivity contribution >= 4 is 77.4 Å². The van der Waals surface area contributed by atoms with Crippen LogP contribution in [0.15, 0.2) is 141 Å². The molecule has 626 valence electrons. The molecular formula is C80H97F9KN12NaO12S2. The summed E-state index contributed by atoms with van der Waals surface area (Å²) in [5.41, 5.74) is 7.45. The zero-order chi connectivity index (χ0) is 87.7. The molecule has 117 heavy (non-hydrogen) atoms. The molecule has 0 spiro atoms. The number of para-hydroxylation sites is 1. The molecule has 0 radical (unpaired) electrons. The van der Waals surface area contributed by atoms with Crippen LogP contribution in [-0.2, 0) is 34.6 Å². The number of allylic oxidation sites excluding steroid dienone is 1. The Morgan fingerprint density at radius 2 is 0.855 bits per heavy atom. The van der Waals surface area contributed by atoms with Gasteiger partial charge in [0.1, 0.15) is 31.3 Å². The Morgan fingerprint density at radius 1 is 0.462 bits per heavy atom. The third kappa shape index (κ3) is 27.6. The largest absolute Gasteiger partial charge is 1.00 e. The van der Waals surface area contributed by atoms with Crippen LogP contribution in [-0.4, -0.2) is 144 Å². The number of nitro groups is 1. The molecule has 12 rings (SSSR count). The topological polar surface area (TPSA) is 313 Å². The summed E-state index contributed by atoms with van der Waals surface area (Å²) in [6.07, 6.45) is 2.70. The van der Waals surface area contributed by atoms with E-state index in [-0.39, 0.29) is 170 Å². The molecule has 24 nitrogen and oxygen atoms in total. The molecule has 8 aromatic rings. The predicted molar refractivity (Wildman–Crippen MR) is 417 cm³/mol. The average molecular weight is 1720 g/mol. The number of pyridine rings is 1. The molecule has 3 saturated heterocycles. The van der Waals surface area contributed by atoms with Crippen LogP contribution in [0.25, 0.3) is 27.9 Å². The number of likely N-dealkylation sites (tertiary alicyclic amines) is 3. The second-order valence-corrected chi connectivity index (χ2v) is 32.1. The van der Waals surface area contributed by atoms with Gasteiger partial charge in [0.05, 0.1) is 27.0 Å². The van der Waals surface area contributed by atoms with Gasteiger partial charge >= 0.3 is 80.9 Å².